The highest BCUT2D eigenvalue weighted by atomic mass is 16.5. The van der Waals surface area contributed by atoms with Crippen molar-refractivity contribution in [2.75, 3.05) is 13.1 Å². The number of furan rings is 1. The van der Waals surface area contributed by atoms with Crippen LogP contribution in [-0.2, 0) is 11.3 Å². The smallest absolute Gasteiger partial charge is 0.179 e. The molecule has 4 rings (SSSR count). The van der Waals surface area contributed by atoms with Crippen LogP contribution in [0.4, 0.5) is 0 Å². The summed E-state index contributed by atoms with van der Waals surface area (Å²) >= 11 is 0. The van der Waals surface area contributed by atoms with E-state index in [0.29, 0.717) is 5.92 Å². The molecule has 4 heterocycles. The zero-order valence-electron chi connectivity index (χ0n) is 12.2. The van der Waals surface area contributed by atoms with Gasteiger partial charge < -0.3 is 9.15 Å². The monoisotopic (exact) mass is 288 g/mol. The van der Waals surface area contributed by atoms with Crippen molar-refractivity contribution in [2.45, 2.75) is 38.5 Å². The molecule has 0 aromatic carbocycles. The van der Waals surface area contributed by atoms with Crippen LogP contribution in [0.5, 0.6) is 0 Å². The van der Waals surface area contributed by atoms with E-state index in [0.717, 1.165) is 43.5 Å². The molecule has 0 saturated carbocycles. The quantitative estimate of drug-likeness (QED) is 0.936. The Morgan fingerprint density at radius 2 is 2.43 bits per heavy atom. The number of nitrogens with zero attached hydrogens (tertiary/aromatic N) is 3. The molecule has 21 heavy (non-hydrogen) atoms. The van der Waals surface area contributed by atoms with Gasteiger partial charge in [-0.3, -0.25) is 10.00 Å². The summed E-state index contributed by atoms with van der Waals surface area (Å²) in [5.41, 5.74) is 0. The molecule has 0 radical (unpaired) electrons. The van der Waals surface area contributed by atoms with Crippen LogP contribution < -0.4 is 0 Å². The molecule has 1 N–H and O–H groups in total. The van der Waals surface area contributed by atoms with Gasteiger partial charge in [0.1, 0.15) is 17.7 Å². The maximum Gasteiger partial charge on any atom is 0.179 e. The Bertz CT molecular complexity index is 595. The topological polar surface area (TPSA) is 67.2 Å². The molecule has 2 fully saturated rings. The number of aromatic nitrogens is 3. The number of hydrogen-bond donors (Lipinski definition) is 1. The number of piperidine rings is 1. The summed E-state index contributed by atoms with van der Waals surface area (Å²) in [7, 11) is 0. The molecule has 2 saturated heterocycles. The van der Waals surface area contributed by atoms with E-state index < -0.39 is 0 Å². The predicted molar refractivity (Wildman–Crippen MR) is 75.4 cm³/mol. The molecule has 6 heteroatoms. The lowest BCUT2D eigenvalue weighted by Gasteiger charge is -2.33. The molecule has 6 nitrogen and oxygen atoms in total. The van der Waals surface area contributed by atoms with E-state index in [-0.39, 0.29) is 12.2 Å². The number of hydrogen-bond acceptors (Lipinski definition) is 5. The zero-order chi connectivity index (χ0) is 14.2. The fourth-order valence-electron chi connectivity index (χ4n) is 3.43. The standard InChI is InChI=1S/C15H20N4O2/c1-10-16-15(18-17-10)13-7-11-4-5-19(9-14(11)21-13)8-12-3-2-6-20-12/h2-3,6,11,13-14H,4-5,7-9H2,1H3,(H,16,17,18)/t11-,13+,14+/m1/s1. The highest BCUT2D eigenvalue weighted by molar-refractivity contribution is 5.02. The Balaban J connectivity index is 1.40. The number of nitrogens with one attached hydrogen (secondary N) is 1. The van der Waals surface area contributed by atoms with Gasteiger partial charge in [0.05, 0.1) is 18.9 Å². The van der Waals surface area contributed by atoms with Gasteiger partial charge in [0.2, 0.25) is 0 Å². The highest BCUT2D eigenvalue weighted by Gasteiger charge is 2.41. The SMILES string of the molecule is Cc1nc([C@@H]2C[C@H]3CCN(Cc4ccco4)C[C@@H]3O2)n[nH]1. The molecule has 2 aromatic heterocycles. The second-order valence-electron chi connectivity index (χ2n) is 6.04. The van der Waals surface area contributed by atoms with Crippen molar-refractivity contribution < 1.29 is 9.15 Å². The van der Waals surface area contributed by atoms with Crippen molar-refractivity contribution in [1.29, 1.82) is 0 Å². The lowest BCUT2D eigenvalue weighted by Crippen LogP contribution is -2.41. The fraction of sp³-hybridized carbons (Fsp3) is 0.600. The minimum Gasteiger partial charge on any atom is -0.468 e. The molecule has 0 unspecified atom stereocenters. The average Bonchev–Trinajstić information content (AvgIpc) is 3.18. The van der Waals surface area contributed by atoms with E-state index in [2.05, 4.69) is 20.1 Å². The largest absolute Gasteiger partial charge is 0.468 e. The summed E-state index contributed by atoms with van der Waals surface area (Å²) in [6.07, 6.45) is 4.28. The molecular formula is C15H20N4O2. The number of likely N-dealkylation sites (tertiary alicyclic amines) is 1. The van der Waals surface area contributed by atoms with Crippen LogP contribution in [0.25, 0.3) is 0 Å². The van der Waals surface area contributed by atoms with E-state index in [4.69, 9.17) is 9.15 Å². The summed E-state index contributed by atoms with van der Waals surface area (Å²) in [5.74, 6) is 3.30. The Labute approximate surface area is 123 Å². The first-order valence-corrected chi connectivity index (χ1v) is 7.57. The fourth-order valence-corrected chi connectivity index (χ4v) is 3.43. The van der Waals surface area contributed by atoms with Crippen molar-refractivity contribution in [3.63, 3.8) is 0 Å². The van der Waals surface area contributed by atoms with E-state index in [1.807, 2.05) is 19.1 Å². The number of aromatic amines is 1. The summed E-state index contributed by atoms with van der Waals surface area (Å²) < 4.78 is 11.6. The third-order valence-corrected chi connectivity index (χ3v) is 4.50. The van der Waals surface area contributed by atoms with Crippen molar-refractivity contribution in [1.82, 2.24) is 20.1 Å². The van der Waals surface area contributed by atoms with E-state index >= 15 is 0 Å². The van der Waals surface area contributed by atoms with Gasteiger partial charge in [0, 0.05) is 6.54 Å². The lowest BCUT2D eigenvalue weighted by molar-refractivity contribution is -0.0132. The summed E-state index contributed by atoms with van der Waals surface area (Å²) in [5, 5.41) is 7.15. The second-order valence-corrected chi connectivity index (χ2v) is 6.04. The molecule has 3 atom stereocenters. The molecule has 2 aliphatic rings. The van der Waals surface area contributed by atoms with Gasteiger partial charge in [0.15, 0.2) is 5.82 Å². The average molecular weight is 288 g/mol. The Morgan fingerprint density at radius 1 is 1.48 bits per heavy atom. The van der Waals surface area contributed by atoms with E-state index in [9.17, 15) is 0 Å². The number of rotatable bonds is 3. The van der Waals surface area contributed by atoms with Crippen LogP contribution in [0, 0.1) is 12.8 Å². The van der Waals surface area contributed by atoms with Crippen LogP contribution in [0.3, 0.4) is 0 Å². The molecule has 2 aromatic rings. The molecular weight excluding hydrogens is 268 g/mol. The van der Waals surface area contributed by atoms with E-state index in [1.165, 1.54) is 6.42 Å². The molecule has 0 spiro atoms. The van der Waals surface area contributed by atoms with Crippen LogP contribution in [-0.4, -0.2) is 39.3 Å². The molecule has 112 valence electrons. The first-order chi connectivity index (χ1) is 10.3. The molecule has 0 amide bonds. The van der Waals surface area contributed by atoms with Crippen LogP contribution in [0.2, 0.25) is 0 Å². The van der Waals surface area contributed by atoms with Gasteiger partial charge >= 0.3 is 0 Å². The van der Waals surface area contributed by atoms with Gasteiger partial charge in [-0.1, -0.05) is 0 Å². The Kier molecular flexibility index (Phi) is 3.27. The third kappa shape index (κ3) is 2.61. The summed E-state index contributed by atoms with van der Waals surface area (Å²) in [6.45, 7) is 4.85. The van der Waals surface area contributed by atoms with E-state index in [1.54, 1.807) is 6.26 Å². The first kappa shape index (κ1) is 13.0. The first-order valence-electron chi connectivity index (χ1n) is 7.57. The minimum atomic E-state index is 0.0495. The minimum absolute atomic E-state index is 0.0495. The lowest BCUT2D eigenvalue weighted by atomic mass is 9.91. The van der Waals surface area contributed by atoms with Crippen molar-refractivity contribution in [3.05, 3.63) is 35.8 Å². The highest BCUT2D eigenvalue weighted by Crippen LogP contribution is 2.40. The third-order valence-electron chi connectivity index (χ3n) is 4.50. The van der Waals surface area contributed by atoms with Gasteiger partial charge in [-0.05, 0) is 44.4 Å². The van der Waals surface area contributed by atoms with Crippen LogP contribution in [0.15, 0.2) is 22.8 Å². The van der Waals surface area contributed by atoms with Crippen LogP contribution in [0.1, 0.15) is 36.4 Å². The number of aryl methyl sites for hydroxylation is 1. The summed E-state index contributed by atoms with van der Waals surface area (Å²) in [4.78, 5) is 6.82. The molecule has 0 bridgehead atoms. The van der Waals surface area contributed by atoms with Crippen molar-refractivity contribution in [3.8, 4) is 0 Å². The predicted octanol–water partition coefficient (Wildman–Crippen LogP) is 2.06. The Hall–Kier alpha value is -1.66. The van der Waals surface area contributed by atoms with Crippen molar-refractivity contribution in [2.24, 2.45) is 5.92 Å². The zero-order valence-corrected chi connectivity index (χ0v) is 12.2. The van der Waals surface area contributed by atoms with Gasteiger partial charge in [-0.2, -0.15) is 5.10 Å². The van der Waals surface area contributed by atoms with Crippen LogP contribution >= 0.6 is 0 Å². The number of ether oxygens (including phenoxy) is 1. The van der Waals surface area contributed by atoms with Gasteiger partial charge in [0.25, 0.3) is 0 Å². The van der Waals surface area contributed by atoms with Crippen molar-refractivity contribution >= 4 is 0 Å². The Morgan fingerprint density at radius 3 is 3.19 bits per heavy atom. The van der Waals surface area contributed by atoms with Gasteiger partial charge in [-0.15, -0.1) is 0 Å². The van der Waals surface area contributed by atoms with Gasteiger partial charge in [-0.25, -0.2) is 4.98 Å². The maximum atomic E-state index is 6.20. The molecule has 0 aliphatic carbocycles. The molecule has 2 aliphatic heterocycles. The normalized spacial score (nSPS) is 29.7. The number of fused-ring (bicyclic) bond motifs is 1. The maximum absolute atomic E-state index is 6.20. The second kappa shape index (κ2) is 5.27. The summed E-state index contributed by atoms with van der Waals surface area (Å²) in [6, 6.07) is 3.97. The number of H-pyrrole nitrogens is 1.